The SMILES string of the molecule is Cc1nnc(CN=C(NCC2CCCO2)NC2CCN(c3ncccc3F)C2)n1C. The summed E-state index contributed by atoms with van der Waals surface area (Å²) in [5.74, 6) is 2.48. The zero-order valence-electron chi connectivity index (χ0n) is 17.5. The Hall–Kier alpha value is -2.75. The van der Waals surface area contributed by atoms with E-state index >= 15 is 0 Å². The van der Waals surface area contributed by atoms with E-state index in [1.165, 1.54) is 6.07 Å². The number of aromatic nitrogens is 4. The maximum absolute atomic E-state index is 14.1. The van der Waals surface area contributed by atoms with E-state index in [-0.39, 0.29) is 18.0 Å². The van der Waals surface area contributed by atoms with Gasteiger partial charge in [0.25, 0.3) is 0 Å². The Morgan fingerprint density at radius 3 is 3.00 bits per heavy atom. The van der Waals surface area contributed by atoms with E-state index in [9.17, 15) is 4.39 Å². The average Bonchev–Trinajstić information content (AvgIpc) is 3.49. The number of hydrogen-bond donors (Lipinski definition) is 2. The van der Waals surface area contributed by atoms with Crippen molar-refractivity contribution in [2.45, 2.75) is 44.9 Å². The van der Waals surface area contributed by atoms with Gasteiger partial charge in [-0.3, -0.25) is 0 Å². The molecule has 30 heavy (non-hydrogen) atoms. The molecule has 9 nitrogen and oxygen atoms in total. The van der Waals surface area contributed by atoms with E-state index in [0.717, 1.165) is 44.1 Å². The Bertz CT molecular complexity index is 879. The monoisotopic (exact) mass is 416 g/mol. The topological polar surface area (TPSA) is 92.5 Å². The van der Waals surface area contributed by atoms with Crippen molar-refractivity contribution >= 4 is 11.8 Å². The fourth-order valence-electron chi connectivity index (χ4n) is 3.78. The third-order valence-corrected chi connectivity index (χ3v) is 5.65. The van der Waals surface area contributed by atoms with E-state index in [4.69, 9.17) is 9.73 Å². The molecule has 0 radical (unpaired) electrons. The van der Waals surface area contributed by atoms with Gasteiger partial charge in [0.15, 0.2) is 23.4 Å². The number of anilines is 1. The molecular formula is C20H29FN8O. The van der Waals surface area contributed by atoms with Gasteiger partial charge in [0.1, 0.15) is 12.4 Å². The molecule has 162 valence electrons. The molecule has 2 saturated heterocycles. The molecule has 0 saturated carbocycles. The molecule has 2 N–H and O–H groups in total. The van der Waals surface area contributed by atoms with Crippen LogP contribution in [0.4, 0.5) is 10.2 Å². The van der Waals surface area contributed by atoms with Crippen molar-refractivity contribution in [2.24, 2.45) is 12.0 Å². The molecule has 4 rings (SSSR count). The van der Waals surface area contributed by atoms with Crippen LogP contribution in [0.15, 0.2) is 23.3 Å². The summed E-state index contributed by atoms with van der Waals surface area (Å²) in [6.45, 7) is 5.26. The lowest BCUT2D eigenvalue weighted by atomic mass is 10.2. The number of halogens is 1. The van der Waals surface area contributed by atoms with Gasteiger partial charge < -0.3 is 24.8 Å². The first-order valence-corrected chi connectivity index (χ1v) is 10.5. The zero-order valence-corrected chi connectivity index (χ0v) is 17.5. The molecule has 2 aromatic rings. The minimum atomic E-state index is -0.291. The summed E-state index contributed by atoms with van der Waals surface area (Å²) < 4.78 is 21.7. The van der Waals surface area contributed by atoms with Crippen molar-refractivity contribution in [1.82, 2.24) is 30.4 Å². The summed E-state index contributed by atoms with van der Waals surface area (Å²) in [5, 5.41) is 15.2. The molecule has 0 aromatic carbocycles. The number of hydrogen-bond acceptors (Lipinski definition) is 6. The third kappa shape index (κ3) is 4.86. The van der Waals surface area contributed by atoms with Crippen LogP contribution < -0.4 is 15.5 Å². The Balaban J connectivity index is 1.40. The van der Waals surface area contributed by atoms with E-state index in [0.29, 0.717) is 31.4 Å². The number of guanidine groups is 1. The van der Waals surface area contributed by atoms with Gasteiger partial charge in [0.05, 0.1) is 6.10 Å². The molecule has 2 aliphatic heterocycles. The smallest absolute Gasteiger partial charge is 0.192 e. The van der Waals surface area contributed by atoms with Gasteiger partial charge in [-0.2, -0.15) is 0 Å². The maximum atomic E-state index is 14.1. The minimum absolute atomic E-state index is 0.142. The summed E-state index contributed by atoms with van der Waals surface area (Å²) in [7, 11) is 1.93. The second-order valence-electron chi connectivity index (χ2n) is 7.79. The molecule has 0 bridgehead atoms. The lowest BCUT2D eigenvalue weighted by Crippen LogP contribution is -2.46. The fraction of sp³-hybridized carbons (Fsp3) is 0.600. The molecule has 0 aliphatic carbocycles. The first-order chi connectivity index (χ1) is 14.6. The van der Waals surface area contributed by atoms with Gasteiger partial charge in [0.2, 0.25) is 0 Å². The number of nitrogens with one attached hydrogen (secondary N) is 2. The minimum Gasteiger partial charge on any atom is -0.376 e. The Morgan fingerprint density at radius 2 is 2.27 bits per heavy atom. The summed E-state index contributed by atoms with van der Waals surface area (Å²) in [5.41, 5.74) is 0. The largest absolute Gasteiger partial charge is 0.376 e. The summed E-state index contributed by atoms with van der Waals surface area (Å²) >= 11 is 0. The molecule has 0 amide bonds. The first-order valence-electron chi connectivity index (χ1n) is 10.5. The van der Waals surface area contributed by atoms with Crippen LogP contribution in [0, 0.1) is 12.7 Å². The van der Waals surface area contributed by atoms with Crippen molar-refractivity contribution in [1.29, 1.82) is 0 Å². The molecule has 2 fully saturated rings. The van der Waals surface area contributed by atoms with Gasteiger partial charge in [-0.15, -0.1) is 10.2 Å². The molecule has 2 atom stereocenters. The Labute approximate surface area is 175 Å². The molecule has 2 aliphatic rings. The van der Waals surface area contributed by atoms with Crippen molar-refractivity contribution in [3.05, 3.63) is 35.8 Å². The van der Waals surface area contributed by atoms with Crippen LogP contribution >= 0.6 is 0 Å². The second-order valence-corrected chi connectivity index (χ2v) is 7.79. The summed E-state index contributed by atoms with van der Waals surface area (Å²) in [4.78, 5) is 10.9. The maximum Gasteiger partial charge on any atom is 0.192 e. The van der Waals surface area contributed by atoms with Crippen LogP contribution in [-0.4, -0.2) is 64.1 Å². The third-order valence-electron chi connectivity index (χ3n) is 5.65. The lowest BCUT2D eigenvalue weighted by Gasteiger charge is -2.21. The Kier molecular flexibility index (Phi) is 6.41. The quantitative estimate of drug-likeness (QED) is 0.539. The average molecular weight is 417 g/mol. The normalized spacial score (nSPS) is 22.0. The van der Waals surface area contributed by atoms with Crippen LogP contribution in [-0.2, 0) is 18.3 Å². The van der Waals surface area contributed by atoms with Crippen LogP contribution in [0.25, 0.3) is 0 Å². The van der Waals surface area contributed by atoms with Crippen molar-refractivity contribution < 1.29 is 9.13 Å². The molecule has 2 unspecified atom stereocenters. The van der Waals surface area contributed by atoms with E-state index in [1.54, 1.807) is 12.3 Å². The standard InChI is InChI=1S/C20H29FN8O/c1-14-26-27-18(28(14)2)12-24-20(23-11-16-5-4-10-30-16)25-15-7-9-29(13-15)19-17(21)6-3-8-22-19/h3,6,8,15-16H,4-5,7,9-13H2,1-2H3,(H2,23,24,25). The Morgan fingerprint density at radius 1 is 1.37 bits per heavy atom. The highest BCUT2D eigenvalue weighted by Crippen LogP contribution is 2.20. The number of pyridine rings is 1. The highest BCUT2D eigenvalue weighted by atomic mass is 19.1. The number of aryl methyl sites for hydroxylation is 1. The van der Waals surface area contributed by atoms with Gasteiger partial charge in [-0.1, -0.05) is 0 Å². The lowest BCUT2D eigenvalue weighted by molar-refractivity contribution is 0.113. The predicted molar refractivity (Wildman–Crippen MR) is 112 cm³/mol. The summed E-state index contributed by atoms with van der Waals surface area (Å²) in [6.07, 6.45) is 4.85. The fourth-order valence-corrected chi connectivity index (χ4v) is 3.78. The van der Waals surface area contributed by atoms with E-state index < -0.39 is 0 Å². The molecule has 10 heteroatoms. The molecular weight excluding hydrogens is 387 g/mol. The predicted octanol–water partition coefficient (Wildman–Crippen LogP) is 1.15. The molecule has 2 aromatic heterocycles. The first kappa shape index (κ1) is 20.5. The van der Waals surface area contributed by atoms with Crippen LogP contribution in [0.1, 0.15) is 30.9 Å². The number of rotatable bonds is 6. The number of ether oxygens (including phenoxy) is 1. The molecule has 0 spiro atoms. The van der Waals surface area contributed by atoms with Crippen molar-refractivity contribution in [3.63, 3.8) is 0 Å². The van der Waals surface area contributed by atoms with E-state index in [1.807, 2.05) is 23.4 Å². The molecule has 4 heterocycles. The van der Waals surface area contributed by atoms with E-state index in [2.05, 4.69) is 25.8 Å². The number of nitrogens with zero attached hydrogens (tertiary/aromatic N) is 6. The number of aliphatic imine (C=N–C) groups is 1. The van der Waals surface area contributed by atoms with Gasteiger partial charge in [-0.25, -0.2) is 14.4 Å². The second kappa shape index (κ2) is 9.38. The van der Waals surface area contributed by atoms with Gasteiger partial charge in [0, 0.05) is 45.5 Å². The highest BCUT2D eigenvalue weighted by Gasteiger charge is 2.26. The van der Waals surface area contributed by atoms with Gasteiger partial charge >= 0.3 is 0 Å². The van der Waals surface area contributed by atoms with Crippen molar-refractivity contribution in [2.75, 3.05) is 31.1 Å². The van der Waals surface area contributed by atoms with Crippen LogP contribution in [0.2, 0.25) is 0 Å². The van der Waals surface area contributed by atoms with Crippen molar-refractivity contribution in [3.8, 4) is 0 Å². The zero-order chi connectivity index (χ0) is 20.9. The highest BCUT2D eigenvalue weighted by molar-refractivity contribution is 5.80. The summed E-state index contributed by atoms with van der Waals surface area (Å²) in [6, 6.07) is 3.20. The van der Waals surface area contributed by atoms with Crippen LogP contribution in [0.5, 0.6) is 0 Å². The van der Waals surface area contributed by atoms with Gasteiger partial charge in [-0.05, 0) is 38.3 Å². The van der Waals surface area contributed by atoms with Crippen LogP contribution in [0.3, 0.4) is 0 Å².